The molecule has 118 valence electrons. The number of benzene rings is 1. The standard InChI is InChI=1S/C16H25N3O.ClH/c1-13(2)15(17)16(20)19-10-8-18(9-11-19)12-14-6-4-3-5-7-14;/h3-7,13,15H,8-12,17H2,1-2H3;1H/t15-;/m0./s1. The number of nitrogens with zero attached hydrogens (tertiary/aromatic N) is 2. The number of amides is 1. The number of hydrogen-bond donors (Lipinski definition) is 1. The van der Waals surface area contributed by atoms with E-state index in [1.807, 2.05) is 24.8 Å². The molecule has 0 bridgehead atoms. The second kappa shape index (κ2) is 8.37. The Kier molecular flexibility index (Phi) is 7.15. The number of nitrogens with two attached hydrogens (primary N) is 1. The fraction of sp³-hybridized carbons (Fsp3) is 0.562. The summed E-state index contributed by atoms with van der Waals surface area (Å²) in [5.41, 5.74) is 7.27. The van der Waals surface area contributed by atoms with Gasteiger partial charge in [0.05, 0.1) is 6.04 Å². The van der Waals surface area contributed by atoms with Crippen molar-refractivity contribution in [3.8, 4) is 0 Å². The summed E-state index contributed by atoms with van der Waals surface area (Å²) in [6.07, 6.45) is 0. The van der Waals surface area contributed by atoms with Crippen LogP contribution in [0.5, 0.6) is 0 Å². The van der Waals surface area contributed by atoms with Gasteiger partial charge in [0, 0.05) is 32.7 Å². The molecule has 1 aliphatic heterocycles. The topological polar surface area (TPSA) is 49.6 Å². The van der Waals surface area contributed by atoms with Gasteiger partial charge in [0.1, 0.15) is 0 Å². The minimum Gasteiger partial charge on any atom is -0.339 e. The Morgan fingerprint density at radius 3 is 2.24 bits per heavy atom. The molecule has 0 saturated carbocycles. The highest BCUT2D eigenvalue weighted by Gasteiger charge is 2.26. The number of piperazine rings is 1. The molecule has 4 nitrogen and oxygen atoms in total. The Balaban J connectivity index is 0.00000220. The molecule has 5 heteroatoms. The van der Waals surface area contributed by atoms with Gasteiger partial charge in [-0.2, -0.15) is 0 Å². The normalized spacial score (nSPS) is 17.4. The highest BCUT2D eigenvalue weighted by atomic mass is 35.5. The van der Waals surface area contributed by atoms with E-state index >= 15 is 0 Å². The molecule has 0 spiro atoms. The highest BCUT2D eigenvalue weighted by molar-refractivity contribution is 5.85. The number of rotatable bonds is 4. The maximum absolute atomic E-state index is 12.2. The van der Waals surface area contributed by atoms with E-state index in [1.54, 1.807) is 0 Å². The van der Waals surface area contributed by atoms with E-state index in [0.717, 1.165) is 32.7 Å². The lowest BCUT2D eigenvalue weighted by Crippen LogP contribution is -2.54. The van der Waals surface area contributed by atoms with Crippen LogP contribution in [-0.4, -0.2) is 47.9 Å². The fourth-order valence-electron chi connectivity index (χ4n) is 2.46. The zero-order valence-corrected chi connectivity index (χ0v) is 13.7. The largest absolute Gasteiger partial charge is 0.339 e. The van der Waals surface area contributed by atoms with Gasteiger partial charge >= 0.3 is 0 Å². The molecule has 2 N–H and O–H groups in total. The van der Waals surface area contributed by atoms with Crippen LogP contribution >= 0.6 is 12.4 Å². The van der Waals surface area contributed by atoms with Gasteiger partial charge in [-0.25, -0.2) is 0 Å². The van der Waals surface area contributed by atoms with Crippen molar-refractivity contribution in [3.05, 3.63) is 35.9 Å². The van der Waals surface area contributed by atoms with E-state index in [1.165, 1.54) is 5.56 Å². The summed E-state index contributed by atoms with van der Waals surface area (Å²) in [6.45, 7) is 8.36. The molecule has 0 unspecified atom stereocenters. The number of halogens is 1. The van der Waals surface area contributed by atoms with Crippen molar-refractivity contribution in [1.82, 2.24) is 9.80 Å². The van der Waals surface area contributed by atoms with E-state index in [-0.39, 0.29) is 30.3 Å². The molecule has 21 heavy (non-hydrogen) atoms. The zero-order valence-electron chi connectivity index (χ0n) is 12.9. The van der Waals surface area contributed by atoms with Crippen LogP contribution in [0.4, 0.5) is 0 Å². The molecule has 1 amide bonds. The molecular weight excluding hydrogens is 286 g/mol. The second-order valence-corrected chi connectivity index (χ2v) is 5.86. The van der Waals surface area contributed by atoms with Gasteiger partial charge in [-0.1, -0.05) is 44.2 Å². The Morgan fingerprint density at radius 1 is 1.14 bits per heavy atom. The summed E-state index contributed by atoms with van der Waals surface area (Å²) in [5, 5.41) is 0. The molecule has 1 aliphatic rings. The quantitative estimate of drug-likeness (QED) is 0.921. The monoisotopic (exact) mass is 311 g/mol. The van der Waals surface area contributed by atoms with Gasteiger partial charge in [0.15, 0.2) is 0 Å². The maximum Gasteiger partial charge on any atom is 0.239 e. The minimum absolute atomic E-state index is 0. The average molecular weight is 312 g/mol. The molecule has 0 aromatic heterocycles. The van der Waals surface area contributed by atoms with E-state index in [0.29, 0.717) is 0 Å². The number of carbonyl (C=O) groups excluding carboxylic acids is 1. The predicted molar refractivity (Wildman–Crippen MR) is 88.4 cm³/mol. The highest BCUT2D eigenvalue weighted by Crippen LogP contribution is 2.10. The Morgan fingerprint density at radius 2 is 1.71 bits per heavy atom. The van der Waals surface area contributed by atoms with Gasteiger partial charge in [-0.15, -0.1) is 12.4 Å². The number of carbonyl (C=O) groups is 1. The summed E-state index contributed by atoms with van der Waals surface area (Å²) in [7, 11) is 0. The Hall–Kier alpha value is -1.10. The molecule has 1 heterocycles. The van der Waals surface area contributed by atoms with Crippen LogP contribution in [0.15, 0.2) is 30.3 Å². The van der Waals surface area contributed by atoms with Gasteiger partial charge in [0.25, 0.3) is 0 Å². The third-order valence-electron chi connectivity index (χ3n) is 3.94. The fourth-order valence-corrected chi connectivity index (χ4v) is 2.46. The van der Waals surface area contributed by atoms with E-state index in [4.69, 9.17) is 5.73 Å². The van der Waals surface area contributed by atoms with Crippen molar-refractivity contribution < 1.29 is 4.79 Å². The van der Waals surface area contributed by atoms with Crippen LogP contribution in [0.3, 0.4) is 0 Å². The summed E-state index contributed by atoms with van der Waals surface area (Å²) in [6, 6.07) is 10.1. The lowest BCUT2D eigenvalue weighted by atomic mass is 10.0. The molecule has 1 aromatic carbocycles. The third-order valence-corrected chi connectivity index (χ3v) is 3.94. The molecule has 1 atom stereocenters. The first kappa shape index (κ1) is 18.0. The van der Waals surface area contributed by atoms with E-state index < -0.39 is 0 Å². The second-order valence-electron chi connectivity index (χ2n) is 5.86. The van der Waals surface area contributed by atoms with Crippen molar-refractivity contribution in [2.45, 2.75) is 26.4 Å². The molecule has 1 fully saturated rings. The van der Waals surface area contributed by atoms with Gasteiger partial charge in [-0.3, -0.25) is 9.69 Å². The lowest BCUT2D eigenvalue weighted by Gasteiger charge is -2.36. The minimum atomic E-state index is -0.365. The van der Waals surface area contributed by atoms with Crippen molar-refractivity contribution in [3.63, 3.8) is 0 Å². The van der Waals surface area contributed by atoms with Gasteiger partial charge < -0.3 is 10.6 Å². The van der Waals surface area contributed by atoms with Crippen molar-refractivity contribution in [1.29, 1.82) is 0 Å². The van der Waals surface area contributed by atoms with Gasteiger partial charge in [0.2, 0.25) is 5.91 Å². The third kappa shape index (κ3) is 4.99. The first-order chi connectivity index (χ1) is 9.58. The summed E-state index contributed by atoms with van der Waals surface area (Å²) in [4.78, 5) is 16.5. The molecular formula is C16H26ClN3O. The molecule has 1 saturated heterocycles. The SMILES string of the molecule is CC(C)[C@H](N)C(=O)N1CCN(Cc2ccccc2)CC1.Cl. The first-order valence-electron chi connectivity index (χ1n) is 7.38. The van der Waals surface area contributed by atoms with Crippen molar-refractivity contribution in [2.24, 2.45) is 11.7 Å². The van der Waals surface area contributed by atoms with Crippen LogP contribution in [0, 0.1) is 5.92 Å². The lowest BCUT2D eigenvalue weighted by molar-refractivity contribution is -0.135. The average Bonchev–Trinajstić information content (AvgIpc) is 2.47. The molecule has 0 radical (unpaired) electrons. The Bertz CT molecular complexity index is 430. The van der Waals surface area contributed by atoms with E-state index in [2.05, 4.69) is 29.2 Å². The molecule has 1 aromatic rings. The van der Waals surface area contributed by atoms with E-state index in [9.17, 15) is 4.79 Å². The summed E-state index contributed by atoms with van der Waals surface area (Å²) < 4.78 is 0. The maximum atomic E-state index is 12.2. The van der Waals surface area contributed by atoms with Crippen molar-refractivity contribution >= 4 is 18.3 Å². The predicted octanol–water partition coefficient (Wildman–Crippen LogP) is 1.74. The van der Waals surface area contributed by atoms with Crippen LogP contribution in [0.2, 0.25) is 0 Å². The molecule has 0 aliphatic carbocycles. The Labute approximate surface area is 133 Å². The first-order valence-corrected chi connectivity index (χ1v) is 7.38. The van der Waals surface area contributed by atoms with Crippen LogP contribution < -0.4 is 5.73 Å². The smallest absolute Gasteiger partial charge is 0.239 e. The number of hydrogen-bond acceptors (Lipinski definition) is 3. The molecule has 2 rings (SSSR count). The van der Waals surface area contributed by atoms with Crippen molar-refractivity contribution in [2.75, 3.05) is 26.2 Å². The van der Waals surface area contributed by atoms with Gasteiger partial charge in [-0.05, 0) is 11.5 Å². The zero-order chi connectivity index (χ0) is 14.5. The van der Waals surface area contributed by atoms with Crippen LogP contribution in [0.1, 0.15) is 19.4 Å². The van der Waals surface area contributed by atoms with Crippen LogP contribution in [0.25, 0.3) is 0 Å². The summed E-state index contributed by atoms with van der Waals surface area (Å²) >= 11 is 0. The summed E-state index contributed by atoms with van der Waals surface area (Å²) in [5.74, 6) is 0.296. The van der Waals surface area contributed by atoms with Crippen LogP contribution in [-0.2, 0) is 11.3 Å².